The van der Waals surface area contributed by atoms with Crippen LogP contribution in [-0.2, 0) is 0 Å². The number of hydrogen-bond donors (Lipinski definition) is 1. The normalized spacial score (nSPS) is 10.9. The van der Waals surface area contributed by atoms with Crippen molar-refractivity contribution in [1.82, 2.24) is 19.7 Å². The highest BCUT2D eigenvalue weighted by Crippen LogP contribution is 2.25. The number of nitrogens with zero attached hydrogens (tertiary/aromatic N) is 4. The van der Waals surface area contributed by atoms with Crippen LogP contribution in [0.15, 0.2) is 61.1 Å². The molecule has 4 aromatic rings. The summed E-state index contributed by atoms with van der Waals surface area (Å²) in [6.07, 6.45) is 3.15. The fourth-order valence-electron chi connectivity index (χ4n) is 2.60. The maximum atomic E-state index is 13.5. The summed E-state index contributed by atoms with van der Waals surface area (Å²) < 4.78 is 15.1. The molecule has 0 saturated heterocycles. The van der Waals surface area contributed by atoms with E-state index in [4.69, 9.17) is 0 Å². The van der Waals surface area contributed by atoms with Crippen LogP contribution in [0.5, 0.6) is 0 Å². The predicted octanol–water partition coefficient (Wildman–Crippen LogP) is 4.01. The maximum absolute atomic E-state index is 13.5. The zero-order chi connectivity index (χ0) is 16.5. The van der Waals surface area contributed by atoms with Gasteiger partial charge in [0.25, 0.3) is 0 Å². The lowest BCUT2D eigenvalue weighted by Crippen LogP contribution is -2.00. The summed E-state index contributed by atoms with van der Waals surface area (Å²) in [7, 11) is 0. The zero-order valence-corrected chi connectivity index (χ0v) is 12.9. The highest BCUT2D eigenvalue weighted by atomic mass is 19.1. The molecular formula is C18H14FN5. The second kappa shape index (κ2) is 5.73. The third-order valence-electron chi connectivity index (χ3n) is 3.70. The molecule has 2 aromatic heterocycles. The molecule has 0 spiro atoms. The number of aryl methyl sites for hydroxylation is 1. The summed E-state index contributed by atoms with van der Waals surface area (Å²) in [5, 5.41) is 8.39. The average Bonchev–Trinajstić information content (AvgIpc) is 3.00. The second-order valence-corrected chi connectivity index (χ2v) is 5.49. The fourth-order valence-corrected chi connectivity index (χ4v) is 2.60. The summed E-state index contributed by atoms with van der Waals surface area (Å²) in [6.45, 7) is 2.03. The van der Waals surface area contributed by atoms with Gasteiger partial charge in [0.15, 0.2) is 5.65 Å². The second-order valence-electron chi connectivity index (χ2n) is 5.49. The van der Waals surface area contributed by atoms with Crippen molar-refractivity contribution >= 4 is 22.5 Å². The summed E-state index contributed by atoms with van der Waals surface area (Å²) in [5.74, 6) is 0.344. The van der Waals surface area contributed by atoms with E-state index < -0.39 is 0 Å². The monoisotopic (exact) mass is 319 g/mol. The standard InChI is InChI=1S/C18H14FN5/c1-12-4-2-6-14(8-12)23-17-16-10-22-24(18(16)21-11-20-17)15-7-3-5-13(19)9-15/h2-11H,1H3,(H,20,21,23). The van der Waals surface area contributed by atoms with E-state index in [-0.39, 0.29) is 5.82 Å². The Balaban J connectivity index is 1.79. The molecule has 0 saturated carbocycles. The number of benzene rings is 2. The Morgan fingerprint density at radius 1 is 1.04 bits per heavy atom. The van der Waals surface area contributed by atoms with Gasteiger partial charge in [-0.3, -0.25) is 0 Å². The molecule has 24 heavy (non-hydrogen) atoms. The molecule has 4 rings (SSSR count). The van der Waals surface area contributed by atoms with E-state index in [1.54, 1.807) is 23.0 Å². The van der Waals surface area contributed by atoms with Crippen LogP contribution in [0.3, 0.4) is 0 Å². The van der Waals surface area contributed by atoms with Gasteiger partial charge in [-0.15, -0.1) is 0 Å². The van der Waals surface area contributed by atoms with Crippen molar-refractivity contribution in [2.45, 2.75) is 6.92 Å². The van der Waals surface area contributed by atoms with Gasteiger partial charge < -0.3 is 5.32 Å². The summed E-state index contributed by atoms with van der Waals surface area (Å²) in [4.78, 5) is 8.60. The summed E-state index contributed by atoms with van der Waals surface area (Å²) in [5.41, 5.74) is 3.32. The molecule has 0 atom stereocenters. The van der Waals surface area contributed by atoms with Crippen molar-refractivity contribution in [1.29, 1.82) is 0 Å². The lowest BCUT2D eigenvalue weighted by molar-refractivity contribution is 0.625. The number of halogens is 1. The molecule has 0 unspecified atom stereocenters. The van der Waals surface area contributed by atoms with E-state index in [1.807, 2.05) is 31.2 Å². The van der Waals surface area contributed by atoms with Crippen LogP contribution in [0, 0.1) is 12.7 Å². The first kappa shape index (κ1) is 14.3. The highest BCUT2D eigenvalue weighted by Gasteiger charge is 2.11. The van der Waals surface area contributed by atoms with Gasteiger partial charge in [-0.05, 0) is 42.8 Å². The molecule has 0 aliphatic rings. The first-order valence-corrected chi connectivity index (χ1v) is 7.49. The molecule has 2 aromatic carbocycles. The number of rotatable bonds is 3. The van der Waals surface area contributed by atoms with Crippen LogP contribution >= 0.6 is 0 Å². The molecule has 0 fully saturated rings. The molecule has 0 aliphatic heterocycles. The number of anilines is 2. The van der Waals surface area contributed by atoms with Crippen LogP contribution in [-0.4, -0.2) is 19.7 Å². The Bertz CT molecular complexity index is 1020. The average molecular weight is 319 g/mol. The Kier molecular flexibility index (Phi) is 3.42. The van der Waals surface area contributed by atoms with Gasteiger partial charge in [-0.25, -0.2) is 19.0 Å². The largest absolute Gasteiger partial charge is 0.340 e. The summed E-state index contributed by atoms with van der Waals surface area (Å²) >= 11 is 0. The first-order chi connectivity index (χ1) is 11.7. The molecule has 2 heterocycles. The minimum atomic E-state index is -0.316. The Labute approximate surface area is 137 Å². The smallest absolute Gasteiger partial charge is 0.168 e. The van der Waals surface area contributed by atoms with E-state index in [1.165, 1.54) is 18.5 Å². The van der Waals surface area contributed by atoms with E-state index in [0.29, 0.717) is 17.2 Å². The van der Waals surface area contributed by atoms with Crippen molar-refractivity contribution in [2.24, 2.45) is 0 Å². The van der Waals surface area contributed by atoms with Crippen molar-refractivity contribution in [3.8, 4) is 5.69 Å². The van der Waals surface area contributed by atoms with Gasteiger partial charge in [0.05, 0.1) is 17.3 Å². The molecule has 0 aliphatic carbocycles. The fraction of sp³-hybridized carbons (Fsp3) is 0.0556. The Hall–Kier alpha value is -3.28. The SMILES string of the molecule is Cc1cccc(Nc2ncnc3c2cnn3-c2cccc(F)c2)c1. The minimum absolute atomic E-state index is 0.316. The number of nitrogens with one attached hydrogen (secondary N) is 1. The van der Waals surface area contributed by atoms with Gasteiger partial charge in [0.1, 0.15) is 18.0 Å². The molecule has 0 radical (unpaired) electrons. The Morgan fingerprint density at radius 2 is 1.92 bits per heavy atom. The maximum Gasteiger partial charge on any atom is 0.168 e. The van der Waals surface area contributed by atoms with Gasteiger partial charge in [-0.2, -0.15) is 5.10 Å². The van der Waals surface area contributed by atoms with Gasteiger partial charge in [-0.1, -0.05) is 18.2 Å². The molecule has 0 bridgehead atoms. The van der Waals surface area contributed by atoms with E-state index >= 15 is 0 Å². The van der Waals surface area contributed by atoms with Crippen LogP contribution in [0.4, 0.5) is 15.9 Å². The van der Waals surface area contributed by atoms with Gasteiger partial charge >= 0.3 is 0 Å². The van der Waals surface area contributed by atoms with Crippen LogP contribution in [0.2, 0.25) is 0 Å². The topological polar surface area (TPSA) is 55.6 Å². The minimum Gasteiger partial charge on any atom is -0.340 e. The molecule has 118 valence electrons. The molecule has 0 amide bonds. The van der Waals surface area contributed by atoms with Gasteiger partial charge in [0.2, 0.25) is 0 Å². The lowest BCUT2D eigenvalue weighted by atomic mass is 10.2. The number of fused-ring (bicyclic) bond motifs is 1. The molecule has 5 nitrogen and oxygen atoms in total. The van der Waals surface area contributed by atoms with Crippen LogP contribution in [0.25, 0.3) is 16.7 Å². The predicted molar refractivity (Wildman–Crippen MR) is 91.1 cm³/mol. The number of aromatic nitrogens is 4. The quantitative estimate of drug-likeness (QED) is 0.620. The van der Waals surface area contributed by atoms with Crippen molar-refractivity contribution in [3.05, 3.63) is 72.4 Å². The highest BCUT2D eigenvalue weighted by molar-refractivity contribution is 5.89. The third-order valence-corrected chi connectivity index (χ3v) is 3.70. The molecule has 6 heteroatoms. The summed E-state index contributed by atoms with van der Waals surface area (Å²) in [6, 6.07) is 14.3. The number of hydrogen-bond acceptors (Lipinski definition) is 4. The first-order valence-electron chi connectivity index (χ1n) is 7.49. The van der Waals surface area contributed by atoms with E-state index in [9.17, 15) is 4.39 Å². The lowest BCUT2D eigenvalue weighted by Gasteiger charge is -2.07. The molecule has 1 N–H and O–H groups in total. The molecular weight excluding hydrogens is 305 g/mol. The zero-order valence-electron chi connectivity index (χ0n) is 12.9. The third kappa shape index (κ3) is 2.58. The van der Waals surface area contributed by atoms with Crippen molar-refractivity contribution < 1.29 is 4.39 Å². The van der Waals surface area contributed by atoms with E-state index in [0.717, 1.165) is 16.6 Å². The van der Waals surface area contributed by atoms with Crippen LogP contribution in [0.1, 0.15) is 5.56 Å². The van der Waals surface area contributed by atoms with Crippen molar-refractivity contribution in [2.75, 3.05) is 5.32 Å². The van der Waals surface area contributed by atoms with Crippen LogP contribution < -0.4 is 5.32 Å². The Morgan fingerprint density at radius 3 is 2.75 bits per heavy atom. The van der Waals surface area contributed by atoms with Crippen molar-refractivity contribution in [3.63, 3.8) is 0 Å². The van der Waals surface area contributed by atoms with Gasteiger partial charge in [0, 0.05) is 5.69 Å². The van der Waals surface area contributed by atoms with E-state index in [2.05, 4.69) is 20.4 Å².